The number of urea groups is 1. The molecule has 138 valence electrons. The summed E-state index contributed by atoms with van der Waals surface area (Å²) < 4.78 is 5.63. The van der Waals surface area contributed by atoms with Gasteiger partial charge in [0.15, 0.2) is 5.54 Å². The molecule has 4 rings (SSSR count). The Kier molecular flexibility index (Phi) is 4.09. The van der Waals surface area contributed by atoms with Gasteiger partial charge in [-0.25, -0.2) is 9.69 Å². The lowest BCUT2D eigenvalue weighted by Gasteiger charge is -2.34. The number of carbonyl (C=O) groups is 3. The summed E-state index contributed by atoms with van der Waals surface area (Å²) in [5, 5.41) is 2.85. The van der Waals surface area contributed by atoms with E-state index in [4.69, 9.17) is 4.74 Å². The highest BCUT2D eigenvalue weighted by Gasteiger charge is 2.57. The molecule has 0 bridgehead atoms. The summed E-state index contributed by atoms with van der Waals surface area (Å²) in [6.07, 6.45) is 3.40. The first-order valence-corrected chi connectivity index (χ1v) is 9.21. The minimum atomic E-state index is -1.14. The van der Waals surface area contributed by atoms with Gasteiger partial charge < -0.3 is 15.0 Å². The molecule has 1 spiro atoms. The van der Waals surface area contributed by atoms with Gasteiger partial charge in [0.1, 0.15) is 11.8 Å². The van der Waals surface area contributed by atoms with E-state index in [1.54, 1.807) is 24.0 Å². The number of amides is 4. The zero-order chi connectivity index (χ0) is 18.3. The maximum Gasteiger partial charge on any atom is 0.326 e. The van der Waals surface area contributed by atoms with Crippen molar-refractivity contribution in [3.8, 4) is 5.75 Å². The van der Waals surface area contributed by atoms with Gasteiger partial charge in [-0.2, -0.15) is 0 Å². The molecular formula is C19H23N3O4. The van der Waals surface area contributed by atoms with Crippen LogP contribution in [0.4, 0.5) is 4.79 Å². The molecule has 3 aliphatic heterocycles. The van der Waals surface area contributed by atoms with Crippen LogP contribution >= 0.6 is 0 Å². The van der Waals surface area contributed by atoms with Gasteiger partial charge in [0.25, 0.3) is 5.91 Å². The van der Waals surface area contributed by atoms with Gasteiger partial charge in [0.2, 0.25) is 5.91 Å². The Morgan fingerprint density at radius 3 is 2.69 bits per heavy atom. The fourth-order valence-electron chi connectivity index (χ4n) is 4.18. The van der Waals surface area contributed by atoms with Crippen molar-refractivity contribution >= 4 is 17.8 Å². The minimum absolute atomic E-state index is 0.161. The molecule has 4 amide bonds. The summed E-state index contributed by atoms with van der Waals surface area (Å²) in [7, 11) is 0. The zero-order valence-electron chi connectivity index (χ0n) is 14.9. The number of ether oxygens (including phenoxy) is 1. The summed E-state index contributed by atoms with van der Waals surface area (Å²) in [6.45, 7) is 3.35. The van der Waals surface area contributed by atoms with E-state index in [-0.39, 0.29) is 11.8 Å². The second-order valence-corrected chi connectivity index (χ2v) is 7.17. The molecule has 1 N–H and O–H groups in total. The molecule has 0 saturated carbocycles. The van der Waals surface area contributed by atoms with Crippen LogP contribution in [-0.2, 0) is 15.1 Å². The summed E-state index contributed by atoms with van der Waals surface area (Å²) >= 11 is 0. The smallest absolute Gasteiger partial charge is 0.326 e. The zero-order valence-corrected chi connectivity index (χ0v) is 14.9. The van der Waals surface area contributed by atoms with Crippen LogP contribution in [-0.4, -0.2) is 53.4 Å². The number of benzene rings is 1. The van der Waals surface area contributed by atoms with Crippen molar-refractivity contribution in [1.29, 1.82) is 0 Å². The number of nitrogens with zero attached hydrogens (tertiary/aromatic N) is 2. The number of nitrogens with one attached hydrogen (secondary N) is 1. The molecule has 1 aromatic carbocycles. The highest BCUT2D eigenvalue weighted by molar-refractivity contribution is 6.10. The van der Waals surface area contributed by atoms with Crippen molar-refractivity contribution in [2.24, 2.45) is 0 Å². The molecule has 0 unspecified atom stereocenters. The summed E-state index contributed by atoms with van der Waals surface area (Å²) in [5.41, 5.74) is -0.479. The minimum Gasteiger partial charge on any atom is -0.493 e. The van der Waals surface area contributed by atoms with Gasteiger partial charge in [-0.1, -0.05) is 18.2 Å². The fourth-order valence-corrected chi connectivity index (χ4v) is 4.18. The predicted octanol–water partition coefficient (Wildman–Crippen LogP) is 1.62. The molecule has 2 saturated heterocycles. The first-order chi connectivity index (χ1) is 12.5. The molecule has 2 fully saturated rings. The first kappa shape index (κ1) is 16.9. The molecule has 3 heterocycles. The van der Waals surface area contributed by atoms with Crippen molar-refractivity contribution in [3.63, 3.8) is 0 Å². The maximum absolute atomic E-state index is 13.3. The summed E-state index contributed by atoms with van der Waals surface area (Å²) in [4.78, 5) is 41.7. The average Bonchev–Trinajstić information content (AvgIpc) is 2.92. The van der Waals surface area contributed by atoms with Crippen LogP contribution in [0.1, 0.15) is 38.2 Å². The molecule has 2 atom stereocenters. The molecule has 7 heteroatoms. The third-order valence-corrected chi connectivity index (χ3v) is 5.62. The van der Waals surface area contributed by atoms with Crippen molar-refractivity contribution < 1.29 is 19.1 Å². The van der Waals surface area contributed by atoms with E-state index in [1.165, 1.54) is 0 Å². The van der Waals surface area contributed by atoms with E-state index >= 15 is 0 Å². The molecule has 0 radical (unpaired) electrons. The molecule has 3 aliphatic rings. The van der Waals surface area contributed by atoms with Crippen molar-refractivity contribution in [1.82, 2.24) is 15.1 Å². The highest BCUT2D eigenvalue weighted by atomic mass is 16.5. The SMILES string of the molecule is C[C@@H](C(=O)N1CCCCC1)N1C(=O)N[C@@]2(CCOc3ccccc32)C1=O. The van der Waals surface area contributed by atoms with Crippen molar-refractivity contribution in [3.05, 3.63) is 29.8 Å². The van der Waals surface area contributed by atoms with Gasteiger partial charge in [-0.15, -0.1) is 0 Å². The van der Waals surface area contributed by atoms with E-state index < -0.39 is 17.6 Å². The van der Waals surface area contributed by atoms with Gasteiger partial charge in [0.05, 0.1) is 6.61 Å². The van der Waals surface area contributed by atoms with Crippen LogP contribution in [0, 0.1) is 0 Å². The molecule has 0 aromatic heterocycles. The van der Waals surface area contributed by atoms with Gasteiger partial charge in [-0.05, 0) is 32.3 Å². The van der Waals surface area contributed by atoms with E-state index in [1.807, 2.05) is 12.1 Å². The second kappa shape index (κ2) is 6.30. The lowest BCUT2D eigenvalue weighted by atomic mass is 9.84. The third-order valence-electron chi connectivity index (χ3n) is 5.62. The Morgan fingerprint density at radius 1 is 1.19 bits per heavy atom. The topological polar surface area (TPSA) is 79.0 Å². The first-order valence-electron chi connectivity index (χ1n) is 9.21. The van der Waals surface area contributed by atoms with Crippen LogP contribution < -0.4 is 10.1 Å². The largest absolute Gasteiger partial charge is 0.493 e. The van der Waals surface area contributed by atoms with Gasteiger partial charge in [-0.3, -0.25) is 9.59 Å². The van der Waals surface area contributed by atoms with Crippen molar-refractivity contribution in [2.75, 3.05) is 19.7 Å². The molecule has 26 heavy (non-hydrogen) atoms. The number of hydrogen-bond donors (Lipinski definition) is 1. The van der Waals surface area contributed by atoms with E-state index in [2.05, 4.69) is 5.32 Å². The molecule has 0 aliphatic carbocycles. The van der Waals surface area contributed by atoms with E-state index in [0.29, 0.717) is 37.4 Å². The highest BCUT2D eigenvalue weighted by Crippen LogP contribution is 2.41. The molecular weight excluding hydrogens is 334 g/mol. The normalized spacial score (nSPS) is 26.3. The molecule has 7 nitrogen and oxygen atoms in total. The van der Waals surface area contributed by atoms with Crippen LogP contribution in [0.15, 0.2) is 24.3 Å². The quantitative estimate of drug-likeness (QED) is 0.816. The second-order valence-electron chi connectivity index (χ2n) is 7.17. The number of likely N-dealkylation sites (tertiary alicyclic amines) is 1. The fraction of sp³-hybridized carbons (Fsp3) is 0.526. The Morgan fingerprint density at radius 2 is 1.92 bits per heavy atom. The third kappa shape index (κ3) is 2.45. The number of imide groups is 1. The molecule has 1 aromatic rings. The number of piperidine rings is 1. The number of para-hydroxylation sites is 1. The average molecular weight is 357 g/mol. The number of carbonyl (C=O) groups excluding carboxylic acids is 3. The monoisotopic (exact) mass is 357 g/mol. The predicted molar refractivity (Wildman–Crippen MR) is 93.5 cm³/mol. The Bertz CT molecular complexity index is 759. The number of hydrogen-bond acceptors (Lipinski definition) is 4. The maximum atomic E-state index is 13.3. The number of rotatable bonds is 2. The van der Waals surface area contributed by atoms with Crippen molar-refractivity contribution in [2.45, 2.75) is 44.2 Å². The lowest BCUT2D eigenvalue weighted by Crippen LogP contribution is -2.52. The van der Waals surface area contributed by atoms with Crippen LogP contribution in [0.5, 0.6) is 5.75 Å². The van der Waals surface area contributed by atoms with E-state index in [9.17, 15) is 14.4 Å². The lowest BCUT2D eigenvalue weighted by molar-refractivity contribution is -0.144. The Hall–Kier alpha value is -2.57. The van der Waals surface area contributed by atoms with Crippen LogP contribution in [0.3, 0.4) is 0 Å². The van der Waals surface area contributed by atoms with Gasteiger partial charge >= 0.3 is 6.03 Å². The summed E-state index contributed by atoms with van der Waals surface area (Å²) in [6, 6.07) is 5.92. The standard InChI is InChI=1S/C19H23N3O4/c1-13(16(23)21-10-5-2-6-11-21)22-17(24)19(20-18(22)25)9-12-26-15-8-4-3-7-14(15)19/h3-4,7-8,13H,2,5-6,9-12H2,1H3,(H,20,25)/t13-,19+/m0/s1. The van der Waals surface area contributed by atoms with Crippen LogP contribution in [0.25, 0.3) is 0 Å². The Labute approximate surface area is 152 Å². The van der Waals surface area contributed by atoms with Gasteiger partial charge in [0, 0.05) is 25.1 Å². The van der Waals surface area contributed by atoms with Crippen LogP contribution in [0.2, 0.25) is 0 Å². The Balaban J connectivity index is 1.63. The summed E-state index contributed by atoms with van der Waals surface area (Å²) in [5.74, 6) is 0.0750. The van der Waals surface area contributed by atoms with E-state index in [0.717, 1.165) is 24.2 Å². The number of fused-ring (bicyclic) bond motifs is 2.